The van der Waals surface area contributed by atoms with Gasteiger partial charge in [-0.2, -0.15) is 0 Å². The normalized spacial score (nSPS) is 19.9. The minimum atomic E-state index is -2.83. The fourth-order valence-corrected chi connectivity index (χ4v) is 0.754. The summed E-state index contributed by atoms with van der Waals surface area (Å²) in [5.74, 6) is -1.27. The van der Waals surface area contributed by atoms with Gasteiger partial charge >= 0.3 is 0 Å². The quantitative estimate of drug-likeness (QED) is 0.528. The van der Waals surface area contributed by atoms with Crippen LogP contribution >= 0.6 is 0 Å². The summed E-state index contributed by atoms with van der Waals surface area (Å²) in [5, 5.41) is 0. The average molecular weight is 147 g/mol. The maximum atomic E-state index is 11.2. The molecular weight excluding hydrogens is 124 g/mol. The maximum Gasteiger partial charge on any atom is 0.129 e. The van der Waals surface area contributed by atoms with E-state index in [9.17, 15) is 4.79 Å². The molecule has 0 fully saturated rings. The van der Waals surface area contributed by atoms with E-state index >= 15 is 0 Å². The van der Waals surface area contributed by atoms with Crippen molar-refractivity contribution < 1.29 is 11.6 Å². The molecule has 0 aliphatic rings. The Balaban J connectivity index is 4.12. The van der Waals surface area contributed by atoms with Crippen LogP contribution < -0.4 is 0 Å². The molecule has 0 aromatic rings. The van der Waals surface area contributed by atoms with Gasteiger partial charge in [-0.15, -0.1) is 0 Å². The van der Waals surface area contributed by atoms with Crippen LogP contribution in [0.2, 0.25) is 0 Å². The Kier molecular flexibility index (Phi) is 2.64. The Morgan fingerprint density at radius 1 is 1.40 bits per heavy atom. The summed E-state index contributed by atoms with van der Waals surface area (Å²) in [7, 11) is 0. The van der Waals surface area contributed by atoms with E-state index in [2.05, 4.69) is 0 Å². The minimum absolute atomic E-state index is 0.00419. The van der Waals surface area contributed by atoms with E-state index in [1.54, 1.807) is 0 Å². The number of carbonyl (C=O) groups is 1. The standard InChI is InChI=1S/C9H18O/c1-3-4-5-6-7-8-9(2)10/h3-8H2,1-2H3/i2D3,8D2. The second-order valence-electron chi connectivity index (χ2n) is 2.32. The van der Waals surface area contributed by atoms with Gasteiger partial charge in [-0.1, -0.05) is 32.6 Å². The summed E-state index contributed by atoms with van der Waals surface area (Å²) in [6, 6.07) is 0. The SMILES string of the molecule is [2H]C([2H])([2H])C(=O)C([2H])([2H])CCCCCC. The summed E-state index contributed by atoms with van der Waals surface area (Å²) < 4.78 is 35.3. The van der Waals surface area contributed by atoms with Crippen molar-refractivity contribution in [3.05, 3.63) is 0 Å². The molecule has 0 unspecified atom stereocenters. The molecule has 0 amide bonds. The Morgan fingerprint density at radius 2 is 2.10 bits per heavy atom. The molecule has 0 atom stereocenters. The molecule has 0 saturated carbocycles. The van der Waals surface area contributed by atoms with Gasteiger partial charge in [0.15, 0.2) is 0 Å². The van der Waals surface area contributed by atoms with Gasteiger partial charge in [0.2, 0.25) is 0 Å². The van der Waals surface area contributed by atoms with E-state index in [1.807, 2.05) is 6.92 Å². The average Bonchev–Trinajstić information content (AvgIpc) is 2.10. The number of unbranched alkanes of at least 4 members (excludes halogenated alkanes) is 3. The summed E-state index contributed by atoms with van der Waals surface area (Å²) in [5.41, 5.74) is 0. The molecule has 0 spiro atoms. The highest BCUT2D eigenvalue weighted by Crippen LogP contribution is 2.04. The molecule has 0 rings (SSSR count). The molecule has 0 aromatic heterocycles. The van der Waals surface area contributed by atoms with Crippen molar-refractivity contribution >= 4 is 5.78 Å². The monoisotopic (exact) mass is 147 g/mol. The van der Waals surface area contributed by atoms with Crippen LogP contribution in [0.5, 0.6) is 0 Å². The summed E-state index contributed by atoms with van der Waals surface area (Å²) in [6.07, 6.45) is 1.20. The van der Waals surface area contributed by atoms with Gasteiger partial charge in [0.1, 0.15) is 5.78 Å². The van der Waals surface area contributed by atoms with E-state index in [-0.39, 0.29) is 6.42 Å². The van der Waals surface area contributed by atoms with Gasteiger partial charge < -0.3 is 4.79 Å². The molecule has 1 heteroatoms. The molecule has 0 radical (unpaired) electrons. The first-order valence-electron chi connectivity index (χ1n) is 6.26. The van der Waals surface area contributed by atoms with Crippen LogP contribution in [0, 0.1) is 0 Å². The van der Waals surface area contributed by atoms with Crippen molar-refractivity contribution in [2.24, 2.45) is 0 Å². The predicted molar refractivity (Wildman–Crippen MR) is 44.1 cm³/mol. The van der Waals surface area contributed by atoms with Gasteiger partial charge in [0.25, 0.3) is 0 Å². The van der Waals surface area contributed by atoms with Crippen molar-refractivity contribution in [1.82, 2.24) is 0 Å². The lowest BCUT2D eigenvalue weighted by Gasteiger charge is -1.95. The summed E-state index contributed by atoms with van der Waals surface area (Å²) >= 11 is 0. The molecule has 0 saturated heterocycles. The van der Waals surface area contributed by atoms with Crippen LogP contribution in [-0.4, -0.2) is 5.78 Å². The zero-order valence-electron chi connectivity index (χ0n) is 11.4. The van der Waals surface area contributed by atoms with Crippen molar-refractivity contribution in [3.8, 4) is 0 Å². The van der Waals surface area contributed by atoms with Crippen molar-refractivity contribution in [2.45, 2.75) is 52.3 Å². The topological polar surface area (TPSA) is 17.1 Å². The van der Waals surface area contributed by atoms with Gasteiger partial charge in [0.05, 0.1) is 0 Å². The van der Waals surface area contributed by atoms with Crippen molar-refractivity contribution in [2.75, 3.05) is 0 Å². The first kappa shape index (κ1) is 3.89. The molecule has 0 N–H and O–H groups in total. The fraction of sp³-hybridized carbons (Fsp3) is 0.889. The third-order valence-corrected chi connectivity index (χ3v) is 1.32. The van der Waals surface area contributed by atoms with E-state index in [4.69, 9.17) is 6.85 Å². The second kappa shape index (κ2) is 6.79. The Morgan fingerprint density at radius 3 is 2.70 bits per heavy atom. The smallest absolute Gasteiger partial charge is 0.129 e. The molecule has 0 aliphatic heterocycles. The van der Waals surface area contributed by atoms with Crippen LogP contribution in [0.25, 0.3) is 0 Å². The molecular formula is C9H18O. The maximum absolute atomic E-state index is 11.2. The predicted octanol–water partition coefficient (Wildman–Crippen LogP) is 2.94. The van der Waals surface area contributed by atoms with Crippen molar-refractivity contribution in [3.63, 3.8) is 0 Å². The summed E-state index contributed by atoms with van der Waals surface area (Å²) in [4.78, 5) is 11.2. The zero-order chi connectivity index (χ0) is 12.1. The van der Waals surface area contributed by atoms with Gasteiger partial charge in [-0.05, 0) is 13.3 Å². The lowest BCUT2D eigenvalue weighted by Crippen LogP contribution is -1.88. The highest BCUT2D eigenvalue weighted by atomic mass is 16.1. The van der Waals surface area contributed by atoms with Gasteiger partial charge in [0, 0.05) is 13.2 Å². The van der Waals surface area contributed by atoms with Crippen LogP contribution in [0.4, 0.5) is 0 Å². The van der Waals surface area contributed by atoms with E-state index in [1.165, 1.54) is 0 Å². The Bertz CT molecular complexity index is 209. The Labute approximate surface area is 70.8 Å². The number of carbonyl (C=O) groups excluding carboxylic acids is 1. The highest BCUT2D eigenvalue weighted by Gasteiger charge is 1.92. The largest absolute Gasteiger partial charge is 0.300 e. The number of rotatable bonds is 6. The zero-order valence-corrected chi connectivity index (χ0v) is 6.44. The molecule has 60 valence electrons. The van der Waals surface area contributed by atoms with Gasteiger partial charge in [-0.25, -0.2) is 0 Å². The third kappa shape index (κ3) is 7.67. The molecule has 0 aliphatic carbocycles. The fourth-order valence-electron chi connectivity index (χ4n) is 0.754. The summed E-state index contributed by atoms with van der Waals surface area (Å²) in [6.45, 7) is -0.795. The van der Waals surface area contributed by atoms with Crippen LogP contribution in [0.15, 0.2) is 0 Å². The molecule has 1 nitrogen and oxygen atoms in total. The van der Waals surface area contributed by atoms with E-state index in [0.717, 1.165) is 19.3 Å². The van der Waals surface area contributed by atoms with E-state index in [0.29, 0.717) is 6.42 Å². The molecule has 10 heavy (non-hydrogen) atoms. The second-order valence-corrected chi connectivity index (χ2v) is 2.32. The number of ketones is 1. The van der Waals surface area contributed by atoms with Crippen LogP contribution in [0.3, 0.4) is 0 Å². The number of hydrogen-bond acceptors (Lipinski definition) is 1. The van der Waals surface area contributed by atoms with Crippen LogP contribution in [-0.2, 0) is 4.79 Å². The highest BCUT2D eigenvalue weighted by molar-refractivity contribution is 5.75. The molecule has 0 aromatic carbocycles. The lowest BCUT2D eigenvalue weighted by atomic mass is 10.1. The number of hydrogen-bond donors (Lipinski definition) is 0. The third-order valence-electron chi connectivity index (χ3n) is 1.32. The van der Waals surface area contributed by atoms with Crippen molar-refractivity contribution in [1.29, 1.82) is 0 Å². The first-order valence-corrected chi connectivity index (χ1v) is 3.76. The van der Waals surface area contributed by atoms with Gasteiger partial charge in [-0.3, -0.25) is 0 Å². The first-order chi connectivity index (χ1) is 6.72. The Hall–Kier alpha value is -0.330. The lowest BCUT2D eigenvalue weighted by molar-refractivity contribution is -0.117. The number of Topliss-reactive ketones (excluding diaryl/α,β-unsaturated/α-hetero) is 1. The van der Waals surface area contributed by atoms with E-state index < -0.39 is 19.0 Å². The van der Waals surface area contributed by atoms with Crippen LogP contribution in [0.1, 0.15) is 59.1 Å². The molecule has 0 heterocycles. The molecule has 0 bridgehead atoms. The minimum Gasteiger partial charge on any atom is -0.300 e.